The molecule has 3 aromatic heterocycles. The number of aromatic nitrogens is 5. The lowest BCUT2D eigenvalue weighted by Gasteiger charge is -2.41. The molecule has 5 rings (SSSR count). The third-order valence-corrected chi connectivity index (χ3v) is 6.27. The van der Waals surface area contributed by atoms with Crippen molar-refractivity contribution in [2.24, 2.45) is 0 Å². The summed E-state index contributed by atoms with van der Waals surface area (Å²) in [7, 11) is 0. The quantitative estimate of drug-likeness (QED) is 0.306. The highest BCUT2D eigenvalue weighted by atomic mass is 32.1. The molecule has 0 saturated carbocycles. The Morgan fingerprint density at radius 3 is 2.69 bits per heavy atom. The number of anilines is 3. The molecule has 0 amide bonds. The summed E-state index contributed by atoms with van der Waals surface area (Å²) in [5.74, 6) is 1.48. The number of H-pyrrole nitrogens is 1. The smallest absolute Gasteiger partial charge is 0.165 e. The molecule has 32 heavy (non-hydrogen) atoms. The van der Waals surface area contributed by atoms with Crippen LogP contribution in [0.5, 0.6) is 0 Å². The molecular formula is C22H21N9S. The van der Waals surface area contributed by atoms with Crippen molar-refractivity contribution in [3.63, 3.8) is 0 Å². The van der Waals surface area contributed by atoms with Crippen LogP contribution < -0.4 is 9.80 Å². The summed E-state index contributed by atoms with van der Waals surface area (Å²) in [4.78, 5) is 17.5. The van der Waals surface area contributed by atoms with Gasteiger partial charge >= 0.3 is 0 Å². The number of aryl methyl sites for hydroxylation is 1. The highest BCUT2D eigenvalue weighted by Gasteiger charge is 2.37. The van der Waals surface area contributed by atoms with Crippen molar-refractivity contribution in [1.82, 2.24) is 25.1 Å². The first-order chi connectivity index (χ1) is 15.6. The average molecular weight is 444 g/mol. The van der Waals surface area contributed by atoms with Gasteiger partial charge < -0.3 is 4.90 Å². The van der Waals surface area contributed by atoms with E-state index in [-0.39, 0.29) is 6.04 Å². The van der Waals surface area contributed by atoms with Gasteiger partial charge in [0.15, 0.2) is 11.6 Å². The Kier molecular flexibility index (Phi) is 4.98. The Balaban J connectivity index is 1.70. The van der Waals surface area contributed by atoms with Gasteiger partial charge in [0.25, 0.3) is 0 Å². The number of benzene rings is 1. The fourth-order valence-corrected chi connectivity index (χ4v) is 4.54. The number of thiazole rings is 1. The van der Waals surface area contributed by atoms with E-state index in [0.29, 0.717) is 29.6 Å². The maximum Gasteiger partial charge on any atom is 0.165 e. The average Bonchev–Trinajstić information content (AvgIpc) is 3.50. The Morgan fingerprint density at radius 2 is 2.00 bits per heavy atom. The standard InChI is InChI=1S/C22H21N9S/c1-3-16-19(24)30(12-23)17-11-26-20(15-10-27-29-18(15)22-25-8-9-32-22)28-21(17)31(16)14-6-4-13(2)5-7-14/h4-12,16,23-24H,3H2,1-2H3,(H,27,29). The van der Waals surface area contributed by atoms with Gasteiger partial charge in [-0.15, -0.1) is 11.3 Å². The third-order valence-electron chi connectivity index (χ3n) is 5.48. The minimum absolute atomic E-state index is 0.266. The van der Waals surface area contributed by atoms with E-state index in [9.17, 15) is 0 Å². The number of nitrogens with zero attached hydrogens (tertiary/aromatic N) is 6. The predicted molar refractivity (Wildman–Crippen MR) is 127 cm³/mol. The molecule has 10 heteroatoms. The molecule has 4 aromatic rings. The van der Waals surface area contributed by atoms with Crippen LogP contribution in [0.2, 0.25) is 0 Å². The van der Waals surface area contributed by atoms with E-state index in [0.717, 1.165) is 33.9 Å². The molecule has 0 aliphatic carbocycles. The minimum atomic E-state index is -0.266. The summed E-state index contributed by atoms with van der Waals surface area (Å²) in [5, 5.41) is 26.6. The molecule has 1 unspecified atom stereocenters. The second kappa shape index (κ2) is 7.97. The van der Waals surface area contributed by atoms with Crippen LogP contribution in [0.15, 0.2) is 48.2 Å². The van der Waals surface area contributed by atoms with Crippen LogP contribution in [0.3, 0.4) is 0 Å². The summed E-state index contributed by atoms with van der Waals surface area (Å²) in [6.45, 7) is 4.08. The summed E-state index contributed by atoms with van der Waals surface area (Å²) in [6, 6.07) is 7.91. The Morgan fingerprint density at radius 1 is 1.19 bits per heavy atom. The summed E-state index contributed by atoms with van der Waals surface area (Å²) in [5.41, 5.74) is 4.21. The molecule has 4 heterocycles. The molecule has 0 bridgehead atoms. The minimum Gasteiger partial charge on any atom is -0.314 e. The number of aromatic amines is 1. The van der Waals surface area contributed by atoms with Crippen LogP contribution in [0, 0.1) is 17.7 Å². The van der Waals surface area contributed by atoms with Crippen LogP contribution in [0.25, 0.3) is 22.1 Å². The zero-order chi connectivity index (χ0) is 22.2. The van der Waals surface area contributed by atoms with Crippen LogP contribution in [0.1, 0.15) is 18.9 Å². The first kappa shape index (κ1) is 20.0. The molecule has 1 aliphatic rings. The van der Waals surface area contributed by atoms with Gasteiger partial charge in [0, 0.05) is 17.3 Å². The van der Waals surface area contributed by atoms with Crippen LogP contribution >= 0.6 is 11.3 Å². The van der Waals surface area contributed by atoms with E-state index in [1.807, 2.05) is 43.5 Å². The lowest BCUT2D eigenvalue weighted by atomic mass is 10.0. The number of rotatable bonds is 5. The van der Waals surface area contributed by atoms with Gasteiger partial charge in [-0.05, 0) is 25.5 Å². The SMILES string of the molecule is CCC1C(=N)N(C=N)c2cnc(-c3cn[nH]c3-c3nccs3)nc2N1c1ccc(C)cc1. The zero-order valence-electron chi connectivity index (χ0n) is 17.6. The van der Waals surface area contributed by atoms with Gasteiger partial charge in [-0.25, -0.2) is 15.0 Å². The molecule has 0 fully saturated rings. The molecule has 0 spiro atoms. The van der Waals surface area contributed by atoms with Crippen molar-refractivity contribution in [1.29, 1.82) is 10.8 Å². The normalized spacial score (nSPS) is 15.7. The van der Waals surface area contributed by atoms with E-state index >= 15 is 0 Å². The van der Waals surface area contributed by atoms with E-state index in [1.54, 1.807) is 18.6 Å². The third kappa shape index (κ3) is 3.16. The van der Waals surface area contributed by atoms with Crippen LogP contribution in [0.4, 0.5) is 17.2 Å². The fourth-order valence-electron chi connectivity index (χ4n) is 3.89. The van der Waals surface area contributed by atoms with E-state index in [2.05, 4.69) is 25.1 Å². The number of amidine groups is 1. The monoisotopic (exact) mass is 443 g/mol. The summed E-state index contributed by atoms with van der Waals surface area (Å²) >= 11 is 1.51. The zero-order valence-corrected chi connectivity index (χ0v) is 18.4. The fraction of sp³-hybridized carbons (Fsp3) is 0.182. The molecule has 1 aromatic carbocycles. The van der Waals surface area contributed by atoms with E-state index in [4.69, 9.17) is 15.8 Å². The topological polar surface area (TPSA) is 122 Å². The largest absolute Gasteiger partial charge is 0.314 e. The van der Waals surface area contributed by atoms with Gasteiger partial charge in [0.05, 0.1) is 30.3 Å². The Hall–Kier alpha value is -3.92. The molecular weight excluding hydrogens is 422 g/mol. The lowest BCUT2D eigenvalue weighted by Crippen LogP contribution is -2.51. The van der Waals surface area contributed by atoms with E-state index in [1.165, 1.54) is 16.2 Å². The molecule has 1 atom stereocenters. The van der Waals surface area contributed by atoms with Gasteiger partial charge in [-0.1, -0.05) is 24.6 Å². The Bertz CT molecular complexity index is 1280. The maximum absolute atomic E-state index is 8.73. The number of hydrogen-bond donors (Lipinski definition) is 3. The molecule has 9 nitrogen and oxygen atoms in total. The van der Waals surface area contributed by atoms with Crippen molar-refractivity contribution >= 4 is 40.7 Å². The second-order valence-electron chi connectivity index (χ2n) is 7.41. The first-order valence-corrected chi connectivity index (χ1v) is 11.0. The van der Waals surface area contributed by atoms with Crippen molar-refractivity contribution in [3.8, 4) is 22.1 Å². The number of nitrogens with one attached hydrogen (secondary N) is 3. The Labute approximate surface area is 188 Å². The van der Waals surface area contributed by atoms with Crippen LogP contribution in [-0.4, -0.2) is 43.4 Å². The van der Waals surface area contributed by atoms with Crippen molar-refractivity contribution in [2.75, 3.05) is 9.80 Å². The van der Waals surface area contributed by atoms with Crippen molar-refractivity contribution in [3.05, 3.63) is 53.8 Å². The molecule has 0 radical (unpaired) electrons. The van der Waals surface area contributed by atoms with Gasteiger partial charge in [0.2, 0.25) is 0 Å². The van der Waals surface area contributed by atoms with Gasteiger partial charge in [0.1, 0.15) is 22.2 Å². The predicted octanol–water partition coefficient (Wildman–Crippen LogP) is 4.62. The van der Waals surface area contributed by atoms with Crippen LogP contribution in [-0.2, 0) is 0 Å². The summed E-state index contributed by atoms with van der Waals surface area (Å²) < 4.78 is 0. The summed E-state index contributed by atoms with van der Waals surface area (Å²) in [6.07, 6.45) is 6.95. The van der Waals surface area contributed by atoms with Crippen molar-refractivity contribution < 1.29 is 0 Å². The first-order valence-electron chi connectivity index (χ1n) is 10.2. The molecule has 0 saturated heterocycles. The number of fused-ring (bicyclic) bond motifs is 1. The molecule has 3 N–H and O–H groups in total. The second-order valence-corrected chi connectivity index (χ2v) is 8.31. The van der Waals surface area contributed by atoms with Gasteiger partial charge in [-0.3, -0.25) is 20.8 Å². The maximum atomic E-state index is 8.73. The molecule has 160 valence electrons. The molecule has 1 aliphatic heterocycles. The highest BCUT2D eigenvalue weighted by molar-refractivity contribution is 7.13. The highest BCUT2D eigenvalue weighted by Crippen LogP contribution is 2.41. The van der Waals surface area contributed by atoms with Crippen molar-refractivity contribution in [2.45, 2.75) is 26.3 Å². The van der Waals surface area contributed by atoms with E-state index < -0.39 is 0 Å². The lowest BCUT2D eigenvalue weighted by molar-refractivity contribution is 0.749. The van der Waals surface area contributed by atoms with Gasteiger partial charge in [-0.2, -0.15) is 5.10 Å². The number of hydrogen-bond acceptors (Lipinski definition) is 8.